The van der Waals surface area contributed by atoms with Gasteiger partial charge in [-0.05, 0) is 37.0 Å². The van der Waals surface area contributed by atoms with E-state index < -0.39 is 6.10 Å². The third-order valence-corrected chi connectivity index (χ3v) is 14.9. The van der Waals surface area contributed by atoms with Crippen molar-refractivity contribution in [3.63, 3.8) is 0 Å². The van der Waals surface area contributed by atoms with Crippen LogP contribution in [0.5, 0.6) is 0 Å². The van der Waals surface area contributed by atoms with Gasteiger partial charge >= 0.3 is 17.9 Å². The van der Waals surface area contributed by atoms with Crippen LogP contribution >= 0.6 is 0 Å². The van der Waals surface area contributed by atoms with Gasteiger partial charge in [0.1, 0.15) is 13.2 Å². The summed E-state index contributed by atoms with van der Waals surface area (Å²) in [6.45, 7) is 13.8. The Labute approximate surface area is 444 Å². The van der Waals surface area contributed by atoms with Crippen molar-refractivity contribution in [2.45, 2.75) is 369 Å². The van der Waals surface area contributed by atoms with Crippen molar-refractivity contribution in [1.82, 2.24) is 0 Å². The van der Waals surface area contributed by atoms with Gasteiger partial charge in [-0.2, -0.15) is 0 Å². The molecule has 0 aromatic carbocycles. The average molecular weight is 1000 g/mol. The summed E-state index contributed by atoms with van der Waals surface area (Å²) in [6, 6.07) is 0. The van der Waals surface area contributed by atoms with Crippen LogP contribution in [0.3, 0.4) is 0 Å². The van der Waals surface area contributed by atoms with Crippen LogP contribution in [-0.2, 0) is 28.6 Å². The molecule has 0 N–H and O–H groups in total. The minimum Gasteiger partial charge on any atom is -0.462 e. The normalized spacial score (nSPS) is 12.1. The first-order valence-electron chi connectivity index (χ1n) is 32.1. The largest absolute Gasteiger partial charge is 0.462 e. The second-order valence-corrected chi connectivity index (χ2v) is 23.8. The molecule has 0 unspecified atom stereocenters. The fourth-order valence-electron chi connectivity index (χ4n) is 10.1. The van der Waals surface area contributed by atoms with E-state index in [2.05, 4.69) is 41.5 Å². The first-order chi connectivity index (χ1) is 34.6. The van der Waals surface area contributed by atoms with E-state index in [1.807, 2.05) is 0 Å². The second kappa shape index (κ2) is 56.1. The number of carbonyl (C=O) groups is 3. The first-order valence-corrected chi connectivity index (χ1v) is 32.1. The van der Waals surface area contributed by atoms with E-state index >= 15 is 0 Å². The second-order valence-electron chi connectivity index (χ2n) is 23.8. The zero-order valence-electron chi connectivity index (χ0n) is 49.0. The maximum atomic E-state index is 12.9. The number of hydrogen-bond donors (Lipinski definition) is 0. The van der Waals surface area contributed by atoms with E-state index in [-0.39, 0.29) is 31.1 Å². The minimum absolute atomic E-state index is 0.0626. The molecule has 6 heteroatoms. The van der Waals surface area contributed by atoms with Gasteiger partial charge in [-0.1, -0.05) is 324 Å². The zero-order chi connectivity index (χ0) is 51.9. The lowest BCUT2D eigenvalue weighted by atomic mass is 10.0. The molecule has 0 saturated heterocycles. The van der Waals surface area contributed by atoms with Crippen molar-refractivity contribution in [3.05, 3.63) is 0 Å². The van der Waals surface area contributed by atoms with Gasteiger partial charge in [-0.25, -0.2) is 0 Å². The van der Waals surface area contributed by atoms with Crippen molar-refractivity contribution in [2.24, 2.45) is 17.8 Å². The molecule has 6 nitrogen and oxygen atoms in total. The Bertz CT molecular complexity index is 1100. The average Bonchev–Trinajstić information content (AvgIpc) is 3.33. The predicted octanol–water partition coefficient (Wildman–Crippen LogP) is 21.5. The van der Waals surface area contributed by atoms with Crippen molar-refractivity contribution >= 4 is 17.9 Å². The van der Waals surface area contributed by atoms with Crippen molar-refractivity contribution < 1.29 is 28.6 Å². The van der Waals surface area contributed by atoms with Crippen molar-refractivity contribution in [2.75, 3.05) is 13.2 Å². The highest BCUT2D eigenvalue weighted by molar-refractivity contribution is 5.71. The standard InChI is InChI=1S/C65H126O6/c1-59(2)51-45-39-33-27-21-15-11-9-7-8-10-12-17-24-30-36-42-48-54-63(66)69-57-62(71-65(68)56-50-44-38-32-26-20-19-23-29-35-41-47-53-61(5)6)58-70-64(67)55-49-43-37-31-25-18-14-13-16-22-28-34-40-46-52-60(3)4/h59-62H,7-58H2,1-6H3/t62-/m0/s1. The molecule has 0 radical (unpaired) electrons. The SMILES string of the molecule is CC(C)CCCCCCCCCCCCCCCCCCCCC(=O)OC[C@@H](COC(=O)CCCCCCCCCCCCCCCCC(C)C)OC(=O)CCCCCCCCCCCCCCC(C)C. The van der Waals surface area contributed by atoms with Gasteiger partial charge in [-0.15, -0.1) is 0 Å². The Balaban J connectivity index is 4.26. The van der Waals surface area contributed by atoms with E-state index in [0.29, 0.717) is 19.3 Å². The molecule has 422 valence electrons. The van der Waals surface area contributed by atoms with Gasteiger partial charge in [0.05, 0.1) is 0 Å². The fourth-order valence-corrected chi connectivity index (χ4v) is 10.1. The summed E-state index contributed by atoms with van der Waals surface area (Å²) in [7, 11) is 0. The Morgan fingerprint density at radius 2 is 0.408 bits per heavy atom. The lowest BCUT2D eigenvalue weighted by Gasteiger charge is -2.18. The Kier molecular flexibility index (Phi) is 54.9. The van der Waals surface area contributed by atoms with Crippen LogP contribution in [-0.4, -0.2) is 37.2 Å². The summed E-state index contributed by atoms with van der Waals surface area (Å²) < 4.78 is 17.0. The topological polar surface area (TPSA) is 78.9 Å². The maximum Gasteiger partial charge on any atom is 0.306 e. The van der Waals surface area contributed by atoms with E-state index in [4.69, 9.17) is 14.2 Å². The van der Waals surface area contributed by atoms with Crippen LogP contribution in [0.4, 0.5) is 0 Å². The number of ether oxygens (including phenoxy) is 3. The highest BCUT2D eigenvalue weighted by Gasteiger charge is 2.19. The summed E-state index contributed by atoms with van der Waals surface area (Å²) in [4.78, 5) is 38.3. The minimum atomic E-state index is -0.764. The molecule has 0 heterocycles. The van der Waals surface area contributed by atoms with E-state index in [0.717, 1.165) is 75.5 Å². The molecule has 0 amide bonds. The number of esters is 3. The zero-order valence-corrected chi connectivity index (χ0v) is 49.0. The van der Waals surface area contributed by atoms with Gasteiger partial charge in [-0.3, -0.25) is 14.4 Å². The summed E-state index contributed by atoms with van der Waals surface area (Å²) >= 11 is 0. The molecule has 0 aromatic heterocycles. The van der Waals surface area contributed by atoms with Crippen LogP contribution < -0.4 is 0 Å². The van der Waals surface area contributed by atoms with E-state index in [1.165, 1.54) is 244 Å². The first kappa shape index (κ1) is 69.4. The fraction of sp³-hybridized carbons (Fsp3) is 0.954. The summed E-state index contributed by atoms with van der Waals surface area (Å²) in [5, 5.41) is 0. The van der Waals surface area contributed by atoms with Crippen LogP contribution in [0.1, 0.15) is 363 Å². The molecule has 71 heavy (non-hydrogen) atoms. The Morgan fingerprint density at radius 3 is 0.606 bits per heavy atom. The number of rotatable bonds is 58. The van der Waals surface area contributed by atoms with Gasteiger partial charge in [0.2, 0.25) is 0 Å². The lowest BCUT2D eigenvalue weighted by Crippen LogP contribution is -2.30. The molecule has 0 aromatic rings. The van der Waals surface area contributed by atoms with Gasteiger partial charge < -0.3 is 14.2 Å². The molecule has 0 bridgehead atoms. The predicted molar refractivity (Wildman–Crippen MR) is 307 cm³/mol. The van der Waals surface area contributed by atoms with Gasteiger partial charge in [0, 0.05) is 19.3 Å². The molecule has 0 spiro atoms. The van der Waals surface area contributed by atoms with Gasteiger partial charge in [0.15, 0.2) is 6.10 Å². The Hall–Kier alpha value is -1.59. The molecule has 0 rings (SSSR count). The molecule has 0 aliphatic heterocycles. The van der Waals surface area contributed by atoms with Crippen LogP contribution in [0.2, 0.25) is 0 Å². The van der Waals surface area contributed by atoms with Crippen LogP contribution in [0, 0.1) is 17.8 Å². The third kappa shape index (κ3) is 59.2. The van der Waals surface area contributed by atoms with E-state index in [1.54, 1.807) is 0 Å². The van der Waals surface area contributed by atoms with Crippen LogP contribution in [0.15, 0.2) is 0 Å². The van der Waals surface area contributed by atoms with Crippen LogP contribution in [0.25, 0.3) is 0 Å². The van der Waals surface area contributed by atoms with Crippen molar-refractivity contribution in [1.29, 1.82) is 0 Å². The molecule has 0 aliphatic rings. The lowest BCUT2D eigenvalue weighted by molar-refractivity contribution is -0.167. The number of unbranched alkanes of at least 4 members (excludes halogenated alkanes) is 41. The molecule has 0 saturated carbocycles. The molecule has 1 atom stereocenters. The summed E-state index contributed by atoms with van der Waals surface area (Å²) in [5.74, 6) is 1.70. The smallest absolute Gasteiger partial charge is 0.306 e. The summed E-state index contributed by atoms with van der Waals surface area (Å²) in [6.07, 6.45) is 61.0. The van der Waals surface area contributed by atoms with Gasteiger partial charge in [0.25, 0.3) is 0 Å². The maximum absolute atomic E-state index is 12.9. The van der Waals surface area contributed by atoms with E-state index in [9.17, 15) is 14.4 Å². The molecule has 0 aliphatic carbocycles. The molecule has 0 fully saturated rings. The highest BCUT2D eigenvalue weighted by atomic mass is 16.6. The number of hydrogen-bond acceptors (Lipinski definition) is 6. The van der Waals surface area contributed by atoms with Crippen molar-refractivity contribution in [3.8, 4) is 0 Å². The summed E-state index contributed by atoms with van der Waals surface area (Å²) in [5.41, 5.74) is 0. The molecular formula is C65H126O6. The third-order valence-electron chi connectivity index (χ3n) is 14.9. The highest BCUT2D eigenvalue weighted by Crippen LogP contribution is 2.19. The monoisotopic (exact) mass is 1000 g/mol. The quantitative estimate of drug-likeness (QED) is 0.0343. The number of carbonyl (C=O) groups excluding carboxylic acids is 3. The Morgan fingerprint density at radius 1 is 0.239 bits per heavy atom. The molecular weight excluding hydrogens is 877 g/mol.